The average molecular weight is 459 g/mol. The molecule has 176 valence electrons. The summed E-state index contributed by atoms with van der Waals surface area (Å²) < 4.78 is 16.9. The second-order valence-electron chi connectivity index (χ2n) is 10.3. The molecule has 34 heavy (non-hydrogen) atoms. The molecule has 6 rings (SSSR count). The smallest absolute Gasteiger partial charge is 0.252 e. The third kappa shape index (κ3) is 3.22. The number of likely N-dealkylation sites (tertiary alicyclic amines) is 1. The molecule has 0 radical (unpaired) electrons. The normalized spacial score (nSPS) is 26.7. The summed E-state index contributed by atoms with van der Waals surface area (Å²) in [5.74, 6) is 0.586. The molecule has 1 saturated heterocycles. The van der Waals surface area contributed by atoms with Gasteiger partial charge in [0, 0.05) is 48.2 Å². The topological polar surface area (TPSA) is 41.4 Å². The fraction of sp³-hybridized carbons (Fsp3) is 0.429. The van der Waals surface area contributed by atoms with Gasteiger partial charge >= 0.3 is 0 Å². The van der Waals surface area contributed by atoms with Gasteiger partial charge < -0.3 is 4.90 Å². The van der Waals surface area contributed by atoms with Crippen molar-refractivity contribution in [2.24, 2.45) is 13.0 Å². The maximum absolute atomic E-state index is 15.2. The molecule has 2 aliphatic heterocycles. The molecule has 5 nitrogen and oxygen atoms in total. The molecule has 1 unspecified atom stereocenters. The zero-order chi connectivity index (χ0) is 23.4. The average Bonchev–Trinajstić information content (AvgIpc) is 3.36. The number of aromatic nitrogens is 2. The van der Waals surface area contributed by atoms with Gasteiger partial charge in [-0.3, -0.25) is 14.4 Å². The summed E-state index contributed by atoms with van der Waals surface area (Å²) in [5, 5.41) is 4.18. The predicted octanol–water partition coefficient (Wildman–Crippen LogP) is 5.25. The zero-order valence-corrected chi connectivity index (χ0v) is 19.9. The number of hydrogen-bond acceptors (Lipinski definition) is 3. The van der Waals surface area contributed by atoms with Crippen LogP contribution >= 0.6 is 0 Å². The standard InChI is InChI=1S/C28H31FN4O/c1-19-7-11-23(12-8-19)33-14-13-28(33)24-5-3-4-6-26(24)32(27(28)34)18-21-10-9-20(15-25(21)29)22-16-30-31(2)17-22/h3-6,9-10,15-17,19,23H,7-8,11-14,18H2,1-2H3. The van der Waals surface area contributed by atoms with Gasteiger partial charge in [-0.2, -0.15) is 5.10 Å². The van der Waals surface area contributed by atoms with Crippen LogP contribution in [-0.2, 0) is 23.9 Å². The van der Waals surface area contributed by atoms with Crippen molar-refractivity contribution in [2.45, 2.75) is 57.2 Å². The number of nitrogens with zero attached hydrogens (tertiary/aromatic N) is 4. The first-order valence-corrected chi connectivity index (χ1v) is 12.4. The minimum absolute atomic E-state index is 0.106. The van der Waals surface area contributed by atoms with Crippen molar-refractivity contribution in [3.05, 3.63) is 71.8 Å². The molecule has 1 atom stereocenters. The minimum Gasteiger partial charge on any atom is -0.306 e. The predicted molar refractivity (Wildman–Crippen MR) is 131 cm³/mol. The summed E-state index contributed by atoms with van der Waals surface area (Å²) in [6, 6.07) is 13.8. The van der Waals surface area contributed by atoms with Crippen LogP contribution in [0.15, 0.2) is 54.9 Å². The highest BCUT2D eigenvalue weighted by Gasteiger charge is 2.61. The van der Waals surface area contributed by atoms with Gasteiger partial charge in [0.1, 0.15) is 11.4 Å². The number of carbonyl (C=O) groups is 1. The first-order valence-electron chi connectivity index (χ1n) is 12.4. The highest BCUT2D eigenvalue weighted by molar-refractivity contribution is 6.08. The quantitative estimate of drug-likeness (QED) is 0.536. The maximum atomic E-state index is 15.2. The van der Waals surface area contributed by atoms with E-state index in [2.05, 4.69) is 23.0 Å². The van der Waals surface area contributed by atoms with Crippen LogP contribution in [0.1, 0.15) is 50.2 Å². The number of rotatable bonds is 4. The minimum atomic E-state index is -0.575. The van der Waals surface area contributed by atoms with Crippen molar-refractivity contribution in [1.82, 2.24) is 14.7 Å². The second kappa shape index (κ2) is 8.05. The van der Waals surface area contributed by atoms with Gasteiger partial charge in [0.15, 0.2) is 0 Å². The van der Waals surface area contributed by atoms with Gasteiger partial charge in [-0.15, -0.1) is 0 Å². The van der Waals surface area contributed by atoms with Crippen LogP contribution in [0.5, 0.6) is 0 Å². The molecule has 1 saturated carbocycles. The number of para-hydroxylation sites is 1. The number of halogens is 1. The van der Waals surface area contributed by atoms with E-state index < -0.39 is 5.54 Å². The van der Waals surface area contributed by atoms with E-state index in [9.17, 15) is 4.79 Å². The van der Waals surface area contributed by atoms with E-state index in [0.29, 0.717) is 11.6 Å². The molecule has 1 spiro atoms. The van der Waals surface area contributed by atoms with E-state index in [1.807, 2.05) is 42.4 Å². The SMILES string of the molecule is CC1CCC(N2CCC23C(=O)N(Cc2ccc(-c4cnn(C)c4)cc2F)c2ccccc23)CC1. The Balaban J connectivity index is 1.30. The maximum Gasteiger partial charge on any atom is 0.252 e. The summed E-state index contributed by atoms with van der Waals surface area (Å²) in [5.41, 5.74) is 3.64. The van der Waals surface area contributed by atoms with Crippen LogP contribution in [0, 0.1) is 11.7 Å². The molecule has 0 bridgehead atoms. The Kier molecular flexibility index (Phi) is 5.10. The molecule has 3 aromatic rings. The lowest BCUT2D eigenvalue weighted by atomic mass is 9.75. The summed E-state index contributed by atoms with van der Waals surface area (Å²) >= 11 is 0. The molecule has 1 amide bonds. The summed E-state index contributed by atoms with van der Waals surface area (Å²) in [7, 11) is 1.85. The Morgan fingerprint density at radius 1 is 1.09 bits per heavy atom. The molecule has 6 heteroatoms. The number of fused-ring (bicyclic) bond motifs is 2. The molecular formula is C28H31FN4O. The number of hydrogen-bond donors (Lipinski definition) is 0. The van der Waals surface area contributed by atoms with Crippen molar-refractivity contribution >= 4 is 11.6 Å². The second-order valence-corrected chi connectivity index (χ2v) is 10.3. The summed E-state index contributed by atoms with van der Waals surface area (Å²) in [4.78, 5) is 18.3. The lowest BCUT2D eigenvalue weighted by Crippen LogP contribution is -2.65. The van der Waals surface area contributed by atoms with E-state index in [1.165, 1.54) is 12.8 Å². The van der Waals surface area contributed by atoms with E-state index in [4.69, 9.17) is 0 Å². The van der Waals surface area contributed by atoms with E-state index in [1.54, 1.807) is 23.0 Å². The van der Waals surface area contributed by atoms with Crippen molar-refractivity contribution in [3.63, 3.8) is 0 Å². The molecule has 0 N–H and O–H groups in total. The number of anilines is 1. The van der Waals surface area contributed by atoms with E-state index in [-0.39, 0.29) is 18.3 Å². The number of benzene rings is 2. The Morgan fingerprint density at radius 3 is 2.56 bits per heavy atom. The molecule has 3 aliphatic rings. The monoisotopic (exact) mass is 458 g/mol. The van der Waals surface area contributed by atoms with Crippen LogP contribution < -0.4 is 4.90 Å². The molecule has 3 heterocycles. The molecule has 2 fully saturated rings. The van der Waals surface area contributed by atoms with Gasteiger partial charge in [0.05, 0.1) is 12.7 Å². The Labute approximate surface area is 200 Å². The van der Waals surface area contributed by atoms with Crippen LogP contribution in [0.2, 0.25) is 0 Å². The lowest BCUT2D eigenvalue weighted by Gasteiger charge is -2.54. The zero-order valence-electron chi connectivity index (χ0n) is 19.9. The van der Waals surface area contributed by atoms with Crippen molar-refractivity contribution < 1.29 is 9.18 Å². The molecule has 1 aliphatic carbocycles. The lowest BCUT2D eigenvalue weighted by molar-refractivity contribution is -0.145. The van der Waals surface area contributed by atoms with Crippen LogP contribution in [0.3, 0.4) is 0 Å². The third-order valence-electron chi connectivity index (χ3n) is 8.29. The molecule has 1 aromatic heterocycles. The van der Waals surface area contributed by atoms with Gasteiger partial charge in [-0.25, -0.2) is 4.39 Å². The number of aryl methyl sites for hydroxylation is 1. The molecule has 2 aromatic carbocycles. The number of amides is 1. The van der Waals surface area contributed by atoms with E-state index >= 15 is 4.39 Å². The van der Waals surface area contributed by atoms with E-state index in [0.717, 1.165) is 54.1 Å². The first-order chi connectivity index (χ1) is 16.5. The Morgan fingerprint density at radius 2 is 1.88 bits per heavy atom. The van der Waals surface area contributed by atoms with Gasteiger partial charge in [0.2, 0.25) is 0 Å². The first kappa shape index (κ1) is 21.5. The van der Waals surface area contributed by atoms with Crippen LogP contribution in [0.4, 0.5) is 10.1 Å². The van der Waals surface area contributed by atoms with Crippen molar-refractivity contribution in [2.75, 3.05) is 11.4 Å². The largest absolute Gasteiger partial charge is 0.306 e. The van der Waals surface area contributed by atoms with Crippen molar-refractivity contribution in [1.29, 1.82) is 0 Å². The summed E-state index contributed by atoms with van der Waals surface area (Å²) in [6.45, 7) is 3.53. The van der Waals surface area contributed by atoms with Crippen molar-refractivity contribution in [3.8, 4) is 11.1 Å². The van der Waals surface area contributed by atoms with Gasteiger partial charge in [-0.05, 0) is 55.7 Å². The highest BCUT2D eigenvalue weighted by atomic mass is 19.1. The Hall–Kier alpha value is -2.99. The number of carbonyl (C=O) groups excluding carboxylic acids is 1. The van der Waals surface area contributed by atoms with Gasteiger partial charge in [0.25, 0.3) is 5.91 Å². The van der Waals surface area contributed by atoms with Crippen LogP contribution in [-0.4, -0.2) is 33.2 Å². The fourth-order valence-electron chi connectivity index (χ4n) is 6.29. The van der Waals surface area contributed by atoms with Gasteiger partial charge in [-0.1, -0.05) is 37.3 Å². The highest BCUT2D eigenvalue weighted by Crippen LogP contribution is 2.53. The third-order valence-corrected chi connectivity index (χ3v) is 8.29. The molecular weight excluding hydrogens is 427 g/mol. The van der Waals surface area contributed by atoms with Crippen LogP contribution in [0.25, 0.3) is 11.1 Å². The Bertz CT molecular complexity index is 1240. The summed E-state index contributed by atoms with van der Waals surface area (Å²) in [6.07, 6.45) is 9.21. The fourth-order valence-corrected chi connectivity index (χ4v) is 6.29.